The Hall–Kier alpha value is -0.0800. The molecule has 1 saturated carbocycles. The van der Waals surface area contributed by atoms with Gasteiger partial charge in [0.05, 0.1) is 0 Å². The van der Waals surface area contributed by atoms with E-state index in [0.29, 0.717) is 0 Å². The summed E-state index contributed by atoms with van der Waals surface area (Å²) >= 11 is 0. The molecule has 0 radical (unpaired) electrons. The molecule has 1 heterocycles. The molecule has 1 saturated heterocycles. The minimum atomic E-state index is 0.796. The molecule has 2 fully saturated rings. The summed E-state index contributed by atoms with van der Waals surface area (Å²) in [6.45, 7) is 7.39. The molecule has 1 atom stereocenters. The predicted molar refractivity (Wildman–Crippen MR) is 78.9 cm³/mol. The molecule has 18 heavy (non-hydrogen) atoms. The van der Waals surface area contributed by atoms with Crippen LogP contribution in [0, 0.1) is 5.92 Å². The summed E-state index contributed by atoms with van der Waals surface area (Å²) in [4.78, 5) is 2.60. The lowest BCUT2D eigenvalue weighted by atomic mass is 10.0. The molecule has 0 spiro atoms. The van der Waals surface area contributed by atoms with Crippen LogP contribution in [-0.4, -0.2) is 37.1 Å². The van der Waals surface area contributed by atoms with Crippen molar-refractivity contribution in [3.63, 3.8) is 0 Å². The van der Waals surface area contributed by atoms with E-state index in [0.717, 1.165) is 12.0 Å². The first-order valence-corrected chi connectivity index (χ1v) is 8.34. The second-order valence-electron chi connectivity index (χ2n) is 6.31. The summed E-state index contributed by atoms with van der Waals surface area (Å²) in [5.74, 6) is 1.07. The highest BCUT2D eigenvalue weighted by atomic mass is 15.1. The van der Waals surface area contributed by atoms with E-state index in [1.165, 1.54) is 84.0 Å². The predicted octanol–water partition coefficient (Wildman–Crippen LogP) is 3.42. The minimum absolute atomic E-state index is 0.796. The Labute approximate surface area is 114 Å². The molecule has 1 unspecified atom stereocenters. The number of hydrogen-bond donors (Lipinski definition) is 1. The number of nitrogens with zero attached hydrogens (tertiary/aromatic N) is 1. The van der Waals surface area contributed by atoms with Crippen LogP contribution >= 0.6 is 0 Å². The number of likely N-dealkylation sites (tertiary alicyclic amines) is 1. The van der Waals surface area contributed by atoms with Crippen LogP contribution < -0.4 is 5.32 Å². The van der Waals surface area contributed by atoms with Crippen LogP contribution in [0.2, 0.25) is 0 Å². The zero-order chi connectivity index (χ0) is 12.6. The third kappa shape index (κ3) is 4.89. The highest BCUT2D eigenvalue weighted by Crippen LogP contribution is 2.28. The molecular formula is C16H32N2. The van der Waals surface area contributed by atoms with Gasteiger partial charge in [-0.15, -0.1) is 0 Å². The first kappa shape index (κ1) is 14.3. The fourth-order valence-corrected chi connectivity index (χ4v) is 3.67. The normalized spacial score (nSPS) is 27.5. The van der Waals surface area contributed by atoms with E-state index in [-0.39, 0.29) is 0 Å². The average Bonchev–Trinajstić information content (AvgIpc) is 2.80. The third-order valence-corrected chi connectivity index (χ3v) is 4.96. The summed E-state index contributed by atoms with van der Waals surface area (Å²) in [7, 11) is 0. The molecule has 2 aliphatic rings. The summed E-state index contributed by atoms with van der Waals surface area (Å²) < 4.78 is 0. The lowest BCUT2D eigenvalue weighted by Crippen LogP contribution is -2.31. The van der Waals surface area contributed by atoms with Gasteiger partial charge in [-0.3, -0.25) is 0 Å². The van der Waals surface area contributed by atoms with Crippen molar-refractivity contribution in [3.8, 4) is 0 Å². The van der Waals surface area contributed by atoms with E-state index in [2.05, 4.69) is 17.1 Å². The Balaban J connectivity index is 1.53. The van der Waals surface area contributed by atoms with Crippen molar-refractivity contribution in [2.24, 2.45) is 5.92 Å². The second kappa shape index (κ2) is 8.16. The highest BCUT2D eigenvalue weighted by molar-refractivity contribution is 4.75. The van der Waals surface area contributed by atoms with Crippen LogP contribution in [0.3, 0.4) is 0 Å². The summed E-state index contributed by atoms with van der Waals surface area (Å²) in [6, 6.07) is 0.796. The van der Waals surface area contributed by atoms with Crippen LogP contribution in [0.15, 0.2) is 0 Å². The van der Waals surface area contributed by atoms with E-state index >= 15 is 0 Å². The molecule has 2 nitrogen and oxygen atoms in total. The number of hydrogen-bond acceptors (Lipinski definition) is 2. The fourth-order valence-electron chi connectivity index (χ4n) is 3.67. The Kier molecular flexibility index (Phi) is 6.50. The van der Waals surface area contributed by atoms with Crippen molar-refractivity contribution >= 4 is 0 Å². The monoisotopic (exact) mass is 252 g/mol. The maximum absolute atomic E-state index is 3.80. The summed E-state index contributed by atoms with van der Waals surface area (Å²) in [6.07, 6.45) is 13.0. The first-order valence-electron chi connectivity index (χ1n) is 8.34. The van der Waals surface area contributed by atoms with Crippen molar-refractivity contribution in [1.29, 1.82) is 0 Å². The van der Waals surface area contributed by atoms with Crippen molar-refractivity contribution in [1.82, 2.24) is 10.2 Å². The van der Waals surface area contributed by atoms with Crippen molar-refractivity contribution in [2.75, 3.05) is 26.2 Å². The topological polar surface area (TPSA) is 15.3 Å². The lowest BCUT2D eigenvalue weighted by Gasteiger charge is -2.18. The molecule has 2 rings (SSSR count). The summed E-state index contributed by atoms with van der Waals surface area (Å²) in [5, 5.41) is 3.80. The Morgan fingerprint density at radius 2 is 1.83 bits per heavy atom. The average molecular weight is 252 g/mol. The molecular weight excluding hydrogens is 220 g/mol. The molecule has 1 aliphatic heterocycles. The molecule has 1 N–H and O–H groups in total. The van der Waals surface area contributed by atoms with Crippen molar-refractivity contribution in [3.05, 3.63) is 0 Å². The van der Waals surface area contributed by atoms with Gasteiger partial charge in [0.1, 0.15) is 0 Å². The van der Waals surface area contributed by atoms with Crippen LogP contribution in [0.4, 0.5) is 0 Å². The molecule has 0 aromatic carbocycles. The largest absolute Gasteiger partial charge is 0.314 e. The van der Waals surface area contributed by atoms with Crippen LogP contribution in [0.25, 0.3) is 0 Å². The van der Waals surface area contributed by atoms with Gasteiger partial charge in [-0.05, 0) is 64.2 Å². The minimum Gasteiger partial charge on any atom is -0.314 e. The zero-order valence-corrected chi connectivity index (χ0v) is 12.3. The molecule has 1 aliphatic carbocycles. The molecule has 0 aromatic rings. The van der Waals surface area contributed by atoms with Crippen molar-refractivity contribution in [2.45, 2.75) is 70.8 Å². The van der Waals surface area contributed by atoms with Gasteiger partial charge in [-0.1, -0.05) is 32.6 Å². The molecule has 2 heteroatoms. The van der Waals surface area contributed by atoms with Gasteiger partial charge in [0, 0.05) is 6.04 Å². The van der Waals surface area contributed by atoms with Crippen molar-refractivity contribution < 1.29 is 0 Å². The van der Waals surface area contributed by atoms with Gasteiger partial charge in [-0.2, -0.15) is 0 Å². The second-order valence-corrected chi connectivity index (χ2v) is 6.31. The van der Waals surface area contributed by atoms with Crippen LogP contribution in [-0.2, 0) is 0 Å². The highest BCUT2D eigenvalue weighted by Gasteiger charge is 2.16. The molecule has 0 amide bonds. The summed E-state index contributed by atoms with van der Waals surface area (Å²) in [5.41, 5.74) is 0. The van der Waals surface area contributed by atoms with E-state index < -0.39 is 0 Å². The number of nitrogens with one attached hydrogen (secondary N) is 1. The smallest absolute Gasteiger partial charge is 0.00797 e. The van der Waals surface area contributed by atoms with E-state index in [1.807, 2.05) is 0 Å². The van der Waals surface area contributed by atoms with Gasteiger partial charge < -0.3 is 10.2 Å². The first-order chi connectivity index (χ1) is 8.88. The third-order valence-electron chi connectivity index (χ3n) is 4.96. The van der Waals surface area contributed by atoms with Gasteiger partial charge in [-0.25, -0.2) is 0 Å². The van der Waals surface area contributed by atoms with Gasteiger partial charge in [0.25, 0.3) is 0 Å². The van der Waals surface area contributed by atoms with Gasteiger partial charge in [0.15, 0.2) is 0 Å². The fraction of sp³-hybridized carbons (Fsp3) is 1.00. The molecule has 0 bridgehead atoms. The maximum Gasteiger partial charge on any atom is 0.00797 e. The Morgan fingerprint density at radius 1 is 1.00 bits per heavy atom. The van der Waals surface area contributed by atoms with E-state index in [9.17, 15) is 0 Å². The maximum atomic E-state index is 3.80. The SMILES string of the molecule is CCN1CCCC(NCCCC2CCCC2)CC1. The van der Waals surface area contributed by atoms with E-state index in [1.54, 1.807) is 0 Å². The quantitative estimate of drug-likeness (QED) is 0.729. The standard InChI is InChI=1S/C16H32N2/c1-2-18-13-6-10-16(11-14-18)17-12-5-9-15-7-3-4-8-15/h15-17H,2-14H2,1H3. The Bertz CT molecular complexity index is 211. The molecule has 106 valence electrons. The molecule has 0 aromatic heterocycles. The lowest BCUT2D eigenvalue weighted by molar-refractivity contribution is 0.297. The number of rotatable bonds is 6. The van der Waals surface area contributed by atoms with Crippen LogP contribution in [0.1, 0.15) is 64.7 Å². The van der Waals surface area contributed by atoms with Gasteiger partial charge in [0.2, 0.25) is 0 Å². The van der Waals surface area contributed by atoms with Crippen LogP contribution in [0.5, 0.6) is 0 Å². The van der Waals surface area contributed by atoms with E-state index in [4.69, 9.17) is 0 Å². The zero-order valence-electron chi connectivity index (χ0n) is 12.3. The Morgan fingerprint density at radius 3 is 2.61 bits per heavy atom. The van der Waals surface area contributed by atoms with Gasteiger partial charge >= 0.3 is 0 Å².